The lowest BCUT2D eigenvalue weighted by atomic mass is 9.70. The molecule has 44 heavy (non-hydrogen) atoms. The van der Waals surface area contributed by atoms with Crippen LogP contribution in [0.3, 0.4) is 0 Å². The maximum Gasteiger partial charge on any atom is 0.187 e. The van der Waals surface area contributed by atoms with Gasteiger partial charge in [-0.15, -0.1) is 0 Å². The molecule has 2 rings (SSSR count). The standard InChI is InChI=1S/C40H52O4/c1-27(17-13-19-29(3)21-23-33-31(5)37(43)35(41)25-39(33,7)8)15-11-12-16-28(2)18-14-20-30(4)22-24-34-32(6)38(44)36(42)26-40(34,9)10/h11-21,23,35-37,41-43H,25-26H2,1-10H3. The van der Waals surface area contributed by atoms with Crippen molar-refractivity contribution >= 4 is 5.78 Å². The second-order valence-electron chi connectivity index (χ2n) is 13.4. The molecule has 3 atom stereocenters. The van der Waals surface area contributed by atoms with Crippen molar-refractivity contribution in [2.24, 2.45) is 10.8 Å². The predicted octanol–water partition coefficient (Wildman–Crippen LogP) is 8.14. The van der Waals surface area contributed by atoms with Crippen LogP contribution in [0.1, 0.15) is 82.1 Å². The molecule has 0 spiro atoms. The van der Waals surface area contributed by atoms with Crippen LogP contribution in [0.4, 0.5) is 0 Å². The molecule has 2 aliphatic carbocycles. The zero-order chi connectivity index (χ0) is 33.2. The molecule has 4 heteroatoms. The van der Waals surface area contributed by atoms with Crippen LogP contribution >= 0.6 is 0 Å². The summed E-state index contributed by atoms with van der Waals surface area (Å²) >= 11 is 0. The number of hydrogen-bond acceptors (Lipinski definition) is 4. The van der Waals surface area contributed by atoms with Gasteiger partial charge in [0.1, 0.15) is 12.2 Å². The van der Waals surface area contributed by atoms with E-state index in [1.807, 2.05) is 84.1 Å². The van der Waals surface area contributed by atoms with E-state index >= 15 is 0 Å². The second-order valence-corrected chi connectivity index (χ2v) is 13.4. The van der Waals surface area contributed by atoms with Crippen LogP contribution in [-0.2, 0) is 4.79 Å². The molecule has 0 radical (unpaired) electrons. The summed E-state index contributed by atoms with van der Waals surface area (Å²) in [4.78, 5) is 12.2. The number of aliphatic hydroxyl groups is 3. The molecule has 0 saturated carbocycles. The lowest BCUT2D eigenvalue weighted by Gasteiger charge is -2.38. The van der Waals surface area contributed by atoms with E-state index in [2.05, 4.69) is 63.0 Å². The number of carbonyl (C=O) groups is 1. The SMILES string of the molecule is CC(C#CC1=C(C)C(=O)C(O)CC1(C)C)=CC=CC(C)=CC=CC=C(C)C=CC=C(C)C=CC1=C(C)C(O)C(O)CC1(C)C. The summed E-state index contributed by atoms with van der Waals surface area (Å²) in [6, 6.07) is 0. The molecule has 236 valence electrons. The normalized spacial score (nSPS) is 25.7. The van der Waals surface area contributed by atoms with E-state index in [1.54, 1.807) is 6.92 Å². The van der Waals surface area contributed by atoms with Gasteiger partial charge in [-0.25, -0.2) is 0 Å². The number of allylic oxidation sites excluding steroid dienone is 18. The Bertz CT molecular complexity index is 1460. The number of hydrogen-bond donors (Lipinski definition) is 3. The summed E-state index contributed by atoms with van der Waals surface area (Å²) in [6.45, 7) is 20.0. The van der Waals surface area contributed by atoms with E-state index in [9.17, 15) is 20.1 Å². The maximum absolute atomic E-state index is 12.2. The van der Waals surface area contributed by atoms with Gasteiger partial charge in [-0.2, -0.15) is 0 Å². The largest absolute Gasteiger partial charge is 0.390 e. The first-order valence-corrected chi connectivity index (χ1v) is 15.4. The zero-order valence-electron chi connectivity index (χ0n) is 28.3. The summed E-state index contributed by atoms with van der Waals surface area (Å²) in [7, 11) is 0. The highest BCUT2D eigenvalue weighted by Gasteiger charge is 2.38. The summed E-state index contributed by atoms with van der Waals surface area (Å²) in [5.41, 5.74) is 6.99. The number of ketones is 1. The van der Waals surface area contributed by atoms with Gasteiger partial charge >= 0.3 is 0 Å². The lowest BCUT2D eigenvalue weighted by molar-refractivity contribution is -0.125. The lowest BCUT2D eigenvalue weighted by Crippen LogP contribution is -2.38. The van der Waals surface area contributed by atoms with Crippen LogP contribution in [0.15, 0.2) is 117 Å². The highest BCUT2D eigenvalue weighted by molar-refractivity contribution is 6.00. The van der Waals surface area contributed by atoms with Crippen LogP contribution in [0.25, 0.3) is 0 Å². The van der Waals surface area contributed by atoms with Crippen LogP contribution in [0.2, 0.25) is 0 Å². The van der Waals surface area contributed by atoms with E-state index in [-0.39, 0.29) is 16.6 Å². The fraction of sp³-hybridized carbons (Fsp3) is 0.425. The van der Waals surface area contributed by atoms with Gasteiger partial charge in [0, 0.05) is 16.6 Å². The summed E-state index contributed by atoms with van der Waals surface area (Å²) in [6.07, 6.45) is 22.8. The highest BCUT2D eigenvalue weighted by Crippen LogP contribution is 2.41. The molecule has 4 nitrogen and oxygen atoms in total. The minimum Gasteiger partial charge on any atom is -0.390 e. The average molecular weight is 597 g/mol. The fourth-order valence-electron chi connectivity index (χ4n) is 5.60. The van der Waals surface area contributed by atoms with Gasteiger partial charge in [0.15, 0.2) is 5.78 Å². The van der Waals surface area contributed by atoms with Crippen molar-refractivity contribution in [3.63, 3.8) is 0 Å². The number of Topliss-reactive ketones (excluding diaryl/α,β-unsaturated/α-hetero) is 1. The van der Waals surface area contributed by atoms with Crippen LogP contribution in [0, 0.1) is 22.7 Å². The summed E-state index contributed by atoms with van der Waals surface area (Å²) < 4.78 is 0. The minimum atomic E-state index is -0.938. The van der Waals surface area contributed by atoms with Crippen LogP contribution < -0.4 is 0 Å². The van der Waals surface area contributed by atoms with Crippen molar-refractivity contribution in [2.45, 2.75) is 100 Å². The number of carbonyl (C=O) groups excluding carboxylic acids is 1. The molecular formula is C40H52O4. The average Bonchev–Trinajstić information content (AvgIpc) is 2.92. The predicted molar refractivity (Wildman–Crippen MR) is 185 cm³/mol. The van der Waals surface area contributed by atoms with Gasteiger partial charge in [-0.05, 0) is 76.5 Å². The smallest absolute Gasteiger partial charge is 0.187 e. The van der Waals surface area contributed by atoms with Gasteiger partial charge < -0.3 is 15.3 Å². The monoisotopic (exact) mass is 596 g/mol. The van der Waals surface area contributed by atoms with E-state index in [4.69, 9.17) is 0 Å². The minimum absolute atomic E-state index is 0.187. The Morgan fingerprint density at radius 2 is 1.27 bits per heavy atom. The quantitative estimate of drug-likeness (QED) is 0.195. The molecule has 0 fully saturated rings. The van der Waals surface area contributed by atoms with E-state index < -0.39 is 18.3 Å². The first kappa shape index (κ1) is 36.7. The number of aliphatic hydroxyl groups excluding tert-OH is 3. The molecular weight excluding hydrogens is 544 g/mol. The first-order valence-electron chi connectivity index (χ1n) is 15.4. The molecule has 0 aromatic heterocycles. The summed E-state index contributed by atoms with van der Waals surface area (Å²) in [5.74, 6) is 6.12. The van der Waals surface area contributed by atoms with Gasteiger partial charge in [0.25, 0.3) is 0 Å². The molecule has 0 aromatic rings. The van der Waals surface area contributed by atoms with Crippen molar-refractivity contribution in [3.05, 3.63) is 117 Å². The fourth-order valence-corrected chi connectivity index (χ4v) is 5.60. The van der Waals surface area contributed by atoms with Gasteiger partial charge in [0.2, 0.25) is 0 Å². The molecule has 0 aliphatic heterocycles. The number of rotatable bonds is 8. The summed E-state index contributed by atoms with van der Waals surface area (Å²) in [5, 5.41) is 30.4. The van der Waals surface area contributed by atoms with Gasteiger partial charge in [-0.1, -0.05) is 129 Å². The molecule has 0 heterocycles. The van der Waals surface area contributed by atoms with Crippen LogP contribution in [0.5, 0.6) is 0 Å². The van der Waals surface area contributed by atoms with Gasteiger partial charge in [-0.3, -0.25) is 4.79 Å². The van der Waals surface area contributed by atoms with E-state index in [0.29, 0.717) is 18.4 Å². The van der Waals surface area contributed by atoms with Gasteiger partial charge in [0.05, 0.1) is 6.10 Å². The van der Waals surface area contributed by atoms with Crippen molar-refractivity contribution in [2.75, 3.05) is 0 Å². The molecule has 0 saturated heterocycles. The second kappa shape index (κ2) is 16.0. The van der Waals surface area contributed by atoms with Crippen molar-refractivity contribution in [1.29, 1.82) is 0 Å². The molecule has 3 N–H and O–H groups in total. The Morgan fingerprint density at radius 1 is 0.750 bits per heavy atom. The Labute approximate surface area is 266 Å². The van der Waals surface area contributed by atoms with Crippen molar-refractivity contribution in [1.82, 2.24) is 0 Å². The first-order chi connectivity index (χ1) is 20.5. The van der Waals surface area contributed by atoms with Crippen molar-refractivity contribution in [3.8, 4) is 11.8 Å². The molecule has 0 aromatic carbocycles. The Morgan fingerprint density at radius 3 is 1.86 bits per heavy atom. The van der Waals surface area contributed by atoms with E-state index in [1.165, 1.54) is 0 Å². The topological polar surface area (TPSA) is 77.8 Å². The Balaban J connectivity index is 1.96. The Kier molecular flexibility index (Phi) is 13.3. The molecule has 2 aliphatic rings. The third-order valence-corrected chi connectivity index (χ3v) is 8.26. The Hall–Kier alpha value is -3.49. The molecule has 3 unspecified atom stereocenters. The maximum atomic E-state index is 12.2. The highest BCUT2D eigenvalue weighted by atomic mass is 16.3. The molecule has 0 amide bonds. The molecule has 0 bridgehead atoms. The van der Waals surface area contributed by atoms with E-state index in [0.717, 1.165) is 39.0 Å². The van der Waals surface area contributed by atoms with Crippen LogP contribution in [-0.4, -0.2) is 39.4 Å². The zero-order valence-corrected chi connectivity index (χ0v) is 28.3. The third-order valence-electron chi connectivity index (χ3n) is 8.26. The van der Waals surface area contributed by atoms with Crippen molar-refractivity contribution < 1.29 is 20.1 Å². The third kappa shape index (κ3) is 10.6.